The SMILES string of the molecule is CN(CCCC(=O)O)c1ccc(Cl)cc1Cl. The maximum atomic E-state index is 10.4. The van der Waals surface area contributed by atoms with Gasteiger partial charge in [-0.1, -0.05) is 23.2 Å². The number of carbonyl (C=O) groups is 1. The fourth-order valence-electron chi connectivity index (χ4n) is 1.38. The summed E-state index contributed by atoms with van der Waals surface area (Å²) in [6.45, 7) is 0.646. The predicted octanol–water partition coefficient (Wildman–Crippen LogP) is 3.29. The first-order chi connectivity index (χ1) is 7.50. The average molecular weight is 262 g/mol. The van der Waals surface area contributed by atoms with Crippen LogP contribution in [0.3, 0.4) is 0 Å². The van der Waals surface area contributed by atoms with Crippen LogP contribution in [-0.2, 0) is 4.79 Å². The number of hydrogen-bond donors (Lipinski definition) is 1. The van der Waals surface area contributed by atoms with Crippen LogP contribution in [0.1, 0.15) is 12.8 Å². The third-order valence-electron chi connectivity index (χ3n) is 2.21. The minimum Gasteiger partial charge on any atom is -0.481 e. The van der Waals surface area contributed by atoms with Gasteiger partial charge >= 0.3 is 5.97 Å². The number of aliphatic carboxylic acids is 1. The van der Waals surface area contributed by atoms with Crippen molar-refractivity contribution < 1.29 is 9.90 Å². The molecule has 0 spiro atoms. The van der Waals surface area contributed by atoms with E-state index in [9.17, 15) is 4.79 Å². The monoisotopic (exact) mass is 261 g/mol. The summed E-state index contributed by atoms with van der Waals surface area (Å²) in [6, 6.07) is 5.26. The van der Waals surface area contributed by atoms with Crippen molar-refractivity contribution in [1.29, 1.82) is 0 Å². The minimum absolute atomic E-state index is 0.162. The van der Waals surface area contributed by atoms with Gasteiger partial charge in [0.05, 0.1) is 10.7 Å². The van der Waals surface area contributed by atoms with Crippen molar-refractivity contribution in [2.45, 2.75) is 12.8 Å². The Bertz CT molecular complexity index is 382. The highest BCUT2D eigenvalue weighted by atomic mass is 35.5. The van der Waals surface area contributed by atoms with E-state index < -0.39 is 5.97 Å². The Kier molecular flexibility index (Phi) is 4.90. The number of anilines is 1. The molecule has 0 aromatic heterocycles. The number of nitrogens with zero attached hydrogens (tertiary/aromatic N) is 1. The molecule has 0 bridgehead atoms. The van der Waals surface area contributed by atoms with Crippen molar-refractivity contribution in [2.24, 2.45) is 0 Å². The number of hydrogen-bond acceptors (Lipinski definition) is 2. The number of benzene rings is 1. The van der Waals surface area contributed by atoms with Crippen LogP contribution < -0.4 is 4.90 Å². The molecule has 0 fully saturated rings. The van der Waals surface area contributed by atoms with Crippen molar-refractivity contribution in [2.75, 3.05) is 18.5 Å². The summed E-state index contributed by atoms with van der Waals surface area (Å²) in [5.41, 5.74) is 0.858. The van der Waals surface area contributed by atoms with Gasteiger partial charge in [0.1, 0.15) is 0 Å². The molecule has 0 unspecified atom stereocenters. The largest absolute Gasteiger partial charge is 0.481 e. The van der Waals surface area contributed by atoms with Gasteiger partial charge in [0, 0.05) is 25.0 Å². The van der Waals surface area contributed by atoms with Gasteiger partial charge in [-0.05, 0) is 24.6 Å². The summed E-state index contributed by atoms with van der Waals surface area (Å²) in [6.07, 6.45) is 0.750. The van der Waals surface area contributed by atoms with Gasteiger partial charge in [-0.3, -0.25) is 4.79 Å². The van der Waals surface area contributed by atoms with E-state index in [0.717, 1.165) is 5.69 Å². The van der Waals surface area contributed by atoms with Crippen molar-refractivity contribution in [3.63, 3.8) is 0 Å². The fourth-order valence-corrected chi connectivity index (χ4v) is 1.93. The van der Waals surface area contributed by atoms with E-state index in [1.807, 2.05) is 18.0 Å². The molecule has 0 heterocycles. The van der Waals surface area contributed by atoms with E-state index in [2.05, 4.69) is 0 Å². The zero-order valence-electron chi connectivity index (χ0n) is 8.91. The molecule has 1 aromatic rings. The first-order valence-corrected chi connectivity index (χ1v) is 5.64. The first-order valence-electron chi connectivity index (χ1n) is 4.88. The molecule has 0 aliphatic rings. The van der Waals surface area contributed by atoms with Crippen molar-refractivity contribution in [1.82, 2.24) is 0 Å². The number of carboxylic acids is 1. The van der Waals surface area contributed by atoms with Crippen molar-refractivity contribution in [3.05, 3.63) is 28.2 Å². The van der Waals surface area contributed by atoms with E-state index >= 15 is 0 Å². The summed E-state index contributed by atoms with van der Waals surface area (Å²) in [5.74, 6) is -0.782. The maximum absolute atomic E-state index is 10.4. The Balaban J connectivity index is 2.58. The lowest BCUT2D eigenvalue weighted by atomic mass is 10.2. The van der Waals surface area contributed by atoms with Crippen LogP contribution in [-0.4, -0.2) is 24.7 Å². The normalized spacial score (nSPS) is 10.2. The molecule has 0 radical (unpaired) electrons. The van der Waals surface area contributed by atoms with Crippen LogP contribution in [0.2, 0.25) is 10.0 Å². The second-order valence-electron chi connectivity index (χ2n) is 3.51. The third-order valence-corrected chi connectivity index (χ3v) is 2.74. The molecule has 0 saturated carbocycles. The molecule has 88 valence electrons. The van der Waals surface area contributed by atoms with E-state index in [1.54, 1.807) is 12.1 Å². The molecule has 1 aromatic carbocycles. The standard InChI is InChI=1S/C11H13Cl2NO2/c1-14(6-2-3-11(15)16)10-5-4-8(12)7-9(10)13/h4-5,7H,2-3,6H2,1H3,(H,15,16). The molecule has 1 rings (SSSR count). The first kappa shape index (κ1) is 13.1. The van der Waals surface area contributed by atoms with Gasteiger partial charge in [0.15, 0.2) is 0 Å². The second-order valence-corrected chi connectivity index (χ2v) is 4.36. The van der Waals surface area contributed by atoms with Gasteiger partial charge in [0.25, 0.3) is 0 Å². The number of halogens is 2. The van der Waals surface area contributed by atoms with Crippen molar-refractivity contribution in [3.8, 4) is 0 Å². The zero-order valence-corrected chi connectivity index (χ0v) is 10.4. The summed E-state index contributed by atoms with van der Waals surface area (Å²) >= 11 is 11.8. The van der Waals surface area contributed by atoms with Crippen LogP contribution in [0, 0.1) is 0 Å². The van der Waals surface area contributed by atoms with Crippen LogP contribution >= 0.6 is 23.2 Å². The van der Waals surface area contributed by atoms with Crippen LogP contribution in [0.5, 0.6) is 0 Å². The highest BCUT2D eigenvalue weighted by Crippen LogP contribution is 2.28. The van der Waals surface area contributed by atoms with E-state index in [1.165, 1.54) is 0 Å². The average Bonchev–Trinajstić information content (AvgIpc) is 2.16. The van der Waals surface area contributed by atoms with E-state index in [4.69, 9.17) is 28.3 Å². The lowest BCUT2D eigenvalue weighted by Crippen LogP contribution is -2.19. The van der Waals surface area contributed by atoms with Crippen LogP contribution in [0.25, 0.3) is 0 Å². The molecule has 3 nitrogen and oxygen atoms in total. The molecule has 16 heavy (non-hydrogen) atoms. The highest BCUT2D eigenvalue weighted by molar-refractivity contribution is 6.36. The molecule has 5 heteroatoms. The van der Waals surface area contributed by atoms with E-state index in [-0.39, 0.29) is 6.42 Å². The van der Waals surface area contributed by atoms with Gasteiger partial charge in [0.2, 0.25) is 0 Å². The topological polar surface area (TPSA) is 40.5 Å². The number of rotatable bonds is 5. The van der Waals surface area contributed by atoms with E-state index in [0.29, 0.717) is 23.0 Å². The van der Waals surface area contributed by atoms with Gasteiger partial charge < -0.3 is 10.0 Å². The summed E-state index contributed by atoms with van der Waals surface area (Å²) < 4.78 is 0. The summed E-state index contributed by atoms with van der Waals surface area (Å²) in [4.78, 5) is 12.3. The molecule has 0 atom stereocenters. The maximum Gasteiger partial charge on any atom is 0.303 e. The highest BCUT2D eigenvalue weighted by Gasteiger charge is 2.07. The van der Waals surface area contributed by atoms with Crippen molar-refractivity contribution >= 4 is 34.9 Å². The Morgan fingerprint density at radius 2 is 2.12 bits per heavy atom. The predicted molar refractivity (Wildman–Crippen MR) is 66.6 cm³/mol. The van der Waals surface area contributed by atoms with Gasteiger partial charge in [-0.15, -0.1) is 0 Å². The molecule has 0 aliphatic heterocycles. The molecular weight excluding hydrogens is 249 g/mol. The molecule has 0 amide bonds. The zero-order chi connectivity index (χ0) is 12.1. The van der Waals surface area contributed by atoms with Gasteiger partial charge in [-0.2, -0.15) is 0 Å². The third kappa shape index (κ3) is 3.91. The second kappa shape index (κ2) is 5.97. The molecular formula is C11H13Cl2NO2. The lowest BCUT2D eigenvalue weighted by Gasteiger charge is -2.20. The molecule has 1 N–H and O–H groups in total. The summed E-state index contributed by atoms with van der Waals surface area (Å²) in [7, 11) is 1.87. The minimum atomic E-state index is -0.782. The van der Waals surface area contributed by atoms with Crippen LogP contribution in [0.15, 0.2) is 18.2 Å². The Morgan fingerprint density at radius 3 is 2.69 bits per heavy atom. The molecule has 0 saturated heterocycles. The molecule has 0 aliphatic carbocycles. The van der Waals surface area contributed by atoms with Crippen LogP contribution in [0.4, 0.5) is 5.69 Å². The Hall–Kier alpha value is -0.930. The smallest absolute Gasteiger partial charge is 0.303 e. The quantitative estimate of drug-likeness (QED) is 0.885. The lowest BCUT2D eigenvalue weighted by molar-refractivity contribution is -0.137. The summed E-state index contributed by atoms with van der Waals surface area (Å²) in [5, 5.41) is 9.69. The fraction of sp³-hybridized carbons (Fsp3) is 0.364. The number of carboxylic acid groups (broad SMARTS) is 1. The van der Waals surface area contributed by atoms with Gasteiger partial charge in [-0.25, -0.2) is 0 Å². The Morgan fingerprint density at radius 1 is 1.44 bits per heavy atom. The Labute approximate surface area is 105 Å².